The molecule has 0 fully saturated rings. The van der Waals surface area contributed by atoms with Gasteiger partial charge in [0, 0.05) is 0 Å². The van der Waals surface area contributed by atoms with Gasteiger partial charge in [0.25, 0.3) is 0 Å². The zero-order valence-electron chi connectivity index (χ0n) is 6.36. The minimum Gasteiger partial charge on any atom is -0.198 e. The van der Waals surface area contributed by atoms with Gasteiger partial charge in [0.1, 0.15) is 0 Å². The molecule has 0 aliphatic carbocycles. The van der Waals surface area contributed by atoms with Crippen molar-refractivity contribution in [3.8, 4) is 6.07 Å². The van der Waals surface area contributed by atoms with Crippen LogP contribution >= 0.6 is 0 Å². The standard InChI is InChI=1S/C8H13N/c1-4-7(2)8(3)5-6-9/h4-5H2,1-3H3. The Morgan fingerprint density at radius 1 is 1.33 bits per heavy atom. The van der Waals surface area contributed by atoms with Crippen LogP contribution in [0.4, 0.5) is 0 Å². The van der Waals surface area contributed by atoms with E-state index in [1.165, 1.54) is 11.1 Å². The summed E-state index contributed by atoms with van der Waals surface area (Å²) in [5, 5.41) is 8.30. The molecule has 0 rings (SSSR count). The van der Waals surface area contributed by atoms with Crippen molar-refractivity contribution in [3.63, 3.8) is 0 Å². The molecule has 9 heavy (non-hydrogen) atoms. The van der Waals surface area contributed by atoms with E-state index in [-0.39, 0.29) is 0 Å². The minimum atomic E-state index is 0.583. The molecular weight excluding hydrogens is 110 g/mol. The number of nitriles is 1. The molecule has 0 bridgehead atoms. The quantitative estimate of drug-likeness (QED) is 0.518. The van der Waals surface area contributed by atoms with E-state index in [1.807, 2.05) is 6.92 Å². The molecule has 0 saturated heterocycles. The highest BCUT2D eigenvalue weighted by atomic mass is 14.2. The molecule has 0 atom stereocenters. The van der Waals surface area contributed by atoms with Crippen LogP contribution in [0.5, 0.6) is 0 Å². The molecule has 0 aromatic carbocycles. The Morgan fingerprint density at radius 3 is 2.22 bits per heavy atom. The van der Waals surface area contributed by atoms with Crippen LogP contribution in [-0.2, 0) is 0 Å². The molecule has 0 unspecified atom stereocenters. The van der Waals surface area contributed by atoms with Crippen LogP contribution < -0.4 is 0 Å². The Labute approximate surface area is 57.0 Å². The fraction of sp³-hybridized carbons (Fsp3) is 0.625. The van der Waals surface area contributed by atoms with Crippen LogP contribution in [0.2, 0.25) is 0 Å². The summed E-state index contributed by atoms with van der Waals surface area (Å²) in [5.41, 5.74) is 2.57. The number of hydrogen-bond acceptors (Lipinski definition) is 1. The smallest absolute Gasteiger partial charge is 0.0666 e. The van der Waals surface area contributed by atoms with Gasteiger partial charge < -0.3 is 0 Å². The average molecular weight is 123 g/mol. The molecule has 0 aliphatic heterocycles. The summed E-state index contributed by atoms with van der Waals surface area (Å²) in [6, 6.07) is 2.12. The van der Waals surface area contributed by atoms with E-state index in [4.69, 9.17) is 5.26 Å². The third-order valence-corrected chi connectivity index (χ3v) is 1.60. The summed E-state index contributed by atoms with van der Waals surface area (Å²) in [5.74, 6) is 0. The SMILES string of the molecule is CCC(C)=C(C)CC#N. The average Bonchev–Trinajstić information content (AvgIpc) is 1.87. The molecule has 0 aliphatic rings. The normalized spacial score (nSPS) is 12.2. The van der Waals surface area contributed by atoms with E-state index < -0.39 is 0 Å². The van der Waals surface area contributed by atoms with Gasteiger partial charge in [0.05, 0.1) is 12.5 Å². The molecule has 0 spiro atoms. The maximum absolute atomic E-state index is 8.30. The first-order valence-electron chi connectivity index (χ1n) is 3.24. The second kappa shape index (κ2) is 4.14. The Bertz CT molecular complexity index is 148. The molecule has 1 heteroatoms. The van der Waals surface area contributed by atoms with E-state index in [0.29, 0.717) is 6.42 Å². The molecule has 0 aromatic heterocycles. The van der Waals surface area contributed by atoms with Crippen LogP contribution in [-0.4, -0.2) is 0 Å². The summed E-state index contributed by atoms with van der Waals surface area (Å²) < 4.78 is 0. The van der Waals surface area contributed by atoms with Crippen molar-refractivity contribution >= 4 is 0 Å². The second-order valence-electron chi connectivity index (χ2n) is 2.25. The van der Waals surface area contributed by atoms with Crippen LogP contribution in [0.25, 0.3) is 0 Å². The van der Waals surface area contributed by atoms with Gasteiger partial charge in [-0.2, -0.15) is 5.26 Å². The van der Waals surface area contributed by atoms with Gasteiger partial charge >= 0.3 is 0 Å². The lowest BCUT2D eigenvalue weighted by molar-refractivity contribution is 1.02. The maximum atomic E-state index is 8.30. The Hall–Kier alpha value is -0.770. The number of rotatable bonds is 2. The highest BCUT2D eigenvalue weighted by Gasteiger charge is 1.91. The van der Waals surface area contributed by atoms with E-state index >= 15 is 0 Å². The predicted molar refractivity (Wildman–Crippen MR) is 38.9 cm³/mol. The zero-order valence-corrected chi connectivity index (χ0v) is 6.36. The summed E-state index contributed by atoms with van der Waals surface area (Å²) in [6.07, 6.45) is 1.65. The minimum absolute atomic E-state index is 0.583. The molecule has 0 aromatic rings. The number of hydrogen-bond donors (Lipinski definition) is 0. The van der Waals surface area contributed by atoms with Crippen LogP contribution in [0.15, 0.2) is 11.1 Å². The summed E-state index contributed by atoms with van der Waals surface area (Å²) in [7, 11) is 0. The number of nitrogens with zero attached hydrogens (tertiary/aromatic N) is 1. The van der Waals surface area contributed by atoms with Crippen molar-refractivity contribution in [2.75, 3.05) is 0 Å². The van der Waals surface area contributed by atoms with E-state index in [0.717, 1.165) is 6.42 Å². The molecule has 0 heterocycles. The first kappa shape index (κ1) is 8.23. The van der Waals surface area contributed by atoms with Gasteiger partial charge in [-0.25, -0.2) is 0 Å². The fourth-order valence-electron chi connectivity index (χ4n) is 0.571. The molecule has 0 radical (unpaired) electrons. The first-order valence-corrected chi connectivity index (χ1v) is 3.24. The lowest BCUT2D eigenvalue weighted by Gasteiger charge is -1.98. The molecule has 50 valence electrons. The summed E-state index contributed by atoms with van der Waals surface area (Å²) in [6.45, 7) is 6.20. The van der Waals surface area contributed by atoms with E-state index in [2.05, 4.69) is 19.9 Å². The van der Waals surface area contributed by atoms with E-state index in [9.17, 15) is 0 Å². The number of allylic oxidation sites excluding steroid dienone is 2. The van der Waals surface area contributed by atoms with Crippen molar-refractivity contribution in [2.24, 2.45) is 0 Å². The van der Waals surface area contributed by atoms with Crippen molar-refractivity contribution in [2.45, 2.75) is 33.6 Å². The topological polar surface area (TPSA) is 23.8 Å². The highest BCUT2D eigenvalue weighted by molar-refractivity contribution is 5.12. The summed E-state index contributed by atoms with van der Waals surface area (Å²) >= 11 is 0. The largest absolute Gasteiger partial charge is 0.198 e. The highest BCUT2D eigenvalue weighted by Crippen LogP contribution is 2.09. The maximum Gasteiger partial charge on any atom is 0.0666 e. The third kappa shape index (κ3) is 2.92. The zero-order chi connectivity index (χ0) is 7.28. The molecule has 1 nitrogen and oxygen atoms in total. The van der Waals surface area contributed by atoms with E-state index in [1.54, 1.807) is 0 Å². The Balaban J connectivity index is 3.97. The van der Waals surface area contributed by atoms with Gasteiger partial charge in [-0.05, 0) is 20.3 Å². The van der Waals surface area contributed by atoms with Gasteiger partial charge in [-0.1, -0.05) is 18.1 Å². The monoisotopic (exact) mass is 123 g/mol. The molecule has 0 amide bonds. The lowest BCUT2D eigenvalue weighted by atomic mass is 10.1. The molecule has 0 saturated carbocycles. The predicted octanol–water partition coefficient (Wildman–Crippen LogP) is 2.65. The van der Waals surface area contributed by atoms with Gasteiger partial charge in [-0.15, -0.1) is 0 Å². The van der Waals surface area contributed by atoms with Gasteiger partial charge in [-0.3, -0.25) is 0 Å². The van der Waals surface area contributed by atoms with Crippen LogP contribution in [0.1, 0.15) is 33.6 Å². The Kier molecular flexibility index (Phi) is 3.79. The van der Waals surface area contributed by atoms with Gasteiger partial charge in [0.15, 0.2) is 0 Å². The van der Waals surface area contributed by atoms with Crippen LogP contribution in [0, 0.1) is 11.3 Å². The summed E-state index contributed by atoms with van der Waals surface area (Å²) in [4.78, 5) is 0. The second-order valence-corrected chi connectivity index (χ2v) is 2.25. The van der Waals surface area contributed by atoms with Crippen molar-refractivity contribution in [1.29, 1.82) is 5.26 Å². The molecule has 0 N–H and O–H groups in total. The van der Waals surface area contributed by atoms with Crippen molar-refractivity contribution in [3.05, 3.63) is 11.1 Å². The van der Waals surface area contributed by atoms with Crippen molar-refractivity contribution < 1.29 is 0 Å². The fourth-order valence-corrected chi connectivity index (χ4v) is 0.571. The third-order valence-electron chi connectivity index (χ3n) is 1.60. The van der Waals surface area contributed by atoms with Crippen molar-refractivity contribution in [1.82, 2.24) is 0 Å². The first-order chi connectivity index (χ1) is 4.22. The molecular formula is C8H13N. The van der Waals surface area contributed by atoms with Gasteiger partial charge in [0.2, 0.25) is 0 Å². The Morgan fingerprint density at radius 2 is 1.89 bits per heavy atom. The lowest BCUT2D eigenvalue weighted by Crippen LogP contribution is -1.80. The van der Waals surface area contributed by atoms with Crippen LogP contribution in [0.3, 0.4) is 0 Å².